The number of carbonyl (C=O) groups is 2. The zero-order valence-corrected chi connectivity index (χ0v) is 18.5. The lowest BCUT2D eigenvalue weighted by Crippen LogP contribution is -2.55. The highest BCUT2D eigenvalue weighted by Crippen LogP contribution is 2.38. The van der Waals surface area contributed by atoms with Gasteiger partial charge in [0.25, 0.3) is 11.8 Å². The highest BCUT2D eigenvalue weighted by atomic mass is 35.5. The van der Waals surface area contributed by atoms with E-state index in [-0.39, 0.29) is 31.1 Å². The van der Waals surface area contributed by atoms with Crippen LogP contribution < -0.4 is 0 Å². The van der Waals surface area contributed by atoms with Gasteiger partial charge in [-0.1, -0.05) is 30.9 Å². The Morgan fingerprint density at radius 2 is 1.76 bits per heavy atom. The minimum Gasteiger partial charge on any atom is -0.336 e. The number of pyridine rings is 1. The molecule has 2 aliphatic rings. The number of hydrogen-bond donors (Lipinski definition) is 0. The van der Waals surface area contributed by atoms with Crippen molar-refractivity contribution in [1.82, 2.24) is 19.4 Å². The molecule has 0 radical (unpaired) electrons. The van der Waals surface area contributed by atoms with Gasteiger partial charge in [0.05, 0.1) is 10.5 Å². The van der Waals surface area contributed by atoms with Gasteiger partial charge in [0, 0.05) is 31.6 Å². The van der Waals surface area contributed by atoms with Gasteiger partial charge in [0.2, 0.25) is 5.91 Å². The summed E-state index contributed by atoms with van der Waals surface area (Å²) in [6.07, 6.45) is -0.00836. The van der Waals surface area contributed by atoms with Crippen LogP contribution in [0.15, 0.2) is 12.1 Å². The molecule has 33 heavy (non-hydrogen) atoms. The third kappa shape index (κ3) is 4.51. The molecule has 0 unspecified atom stereocenters. The Bertz CT molecular complexity index is 1090. The summed E-state index contributed by atoms with van der Waals surface area (Å²) in [5, 5.41) is 3.24. The Morgan fingerprint density at radius 3 is 2.33 bits per heavy atom. The molecule has 6 nitrogen and oxygen atoms in total. The van der Waals surface area contributed by atoms with Crippen LogP contribution in [0, 0.1) is 0 Å². The van der Waals surface area contributed by atoms with E-state index >= 15 is 0 Å². The van der Waals surface area contributed by atoms with Crippen LogP contribution in [-0.4, -0.2) is 56.9 Å². The van der Waals surface area contributed by atoms with E-state index in [1.807, 2.05) is 0 Å². The van der Waals surface area contributed by atoms with Gasteiger partial charge in [-0.25, -0.2) is 13.3 Å². The van der Waals surface area contributed by atoms with Crippen LogP contribution in [0.25, 0.3) is 5.52 Å². The van der Waals surface area contributed by atoms with E-state index in [0.717, 1.165) is 38.2 Å². The van der Waals surface area contributed by atoms with Crippen molar-refractivity contribution < 1.29 is 31.5 Å². The molecule has 0 spiro atoms. The number of carbonyl (C=O) groups excluding carboxylic acids is 2. The van der Waals surface area contributed by atoms with Crippen LogP contribution in [-0.2, 0) is 16.9 Å². The average Bonchev–Trinajstić information content (AvgIpc) is 3.08. The van der Waals surface area contributed by atoms with E-state index in [1.54, 1.807) is 4.90 Å². The van der Waals surface area contributed by atoms with Crippen molar-refractivity contribution in [1.29, 1.82) is 0 Å². The van der Waals surface area contributed by atoms with E-state index in [4.69, 9.17) is 11.6 Å². The first-order valence-corrected chi connectivity index (χ1v) is 11.0. The number of halogens is 6. The van der Waals surface area contributed by atoms with Crippen molar-refractivity contribution >= 4 is 28.9 Å². The third-order valence-corrected chi connectivity index (χ3v) is 6.61. The number of alkyl halides is 5. The number of amides is 2. The van der Waals surface area contributed by atoms with Crippen molar-refractivity contribution in [2.24, 2.45) is 0 Å². The molecule has 0 N–H and O–H groups in total. The van der Waals surface area contributed by atoms with Crippen molar-refractivity contribution in [3.63, 3.8) is 0 Å². The van der Waals surface area contributed by atoms with E-state index in [2.05, 4.69) is 5.10 Å². The number of hydrogen-bond acceptors (Lipinski definition) is 3. The molecule has 0 atom stereocenters. The van der Waals surface area contributed by atoms with Crippen molar-refractivity contribution in [3.8, 4) is 0 Å². The molecule has 1 saturated heterocycles. The third-order valence-electron chi connectivity index (χ3n) is 6.23. The lowest BCUT2D eigenvalue weighted by atomic mass is 9.93. The molecule has 0 aromatic carbocycles. The topological polar surface area (TPSA) is 57.9 Å². The fourth-order valence-electron chi connectivity index (χ4n) is 4.50. The molecule has 2 aromatic rings. The number of fused-ring (bicyclic) bond motifs is 1. The van der Waals surface area contributed by atoms with Crippen LogP contribution in [0.4, 0.5) is 22.0 Å². The van der Waals surface area contributed by atoms with Crippen molar-refractivity contribution in [3.05, 3.63) is 34.1 Å². The van der Waals surface area contributed by atoms with Crippen LogP contribution in [0.2, 0.25) is 5.02 Å². The second-order valence-corrected chi connectivity index (χ2v) is 8.96. The smallest absolute Gasteiger partial charge is 0.336 e. The minimum absolute atomic E-state index is 0.130. The number of aromatic nitrogens is 2. The molecular weight excluding hydrogens is 471 g/mol. The lowest BCUT2D eigenvalue weighted by molar-refractivity contribution is -0.142. The predicted octanol–water partition coefficient (Wildman–Crippen LogP) is 4.74. The Labute approximate surface area is 191 Å². The Hall–Kier alpha value is -2.43. The summed E-state index contributed by atoms with van der Waals surface area (Å²) in [7, 11) is 0. The summed E-state index contributed by atoms with van der Waals surface area (Å²) in [6.45, 7) is 0.701. The van der Waals surface area contributed by atoms with Crippen LogP contribution >= 0.6 is 11.6 Å². The van der Waals surface area contributed by atoms with Crippen LogP contribution in [0.3, 0.4) is 0 Å². The van der Waals surface area contributed by atoms with E-state index in [9.17, 15) is 31.5 Å². The maximum atomic E-state index is 13.8. The molecular formula is C21H22ClF5N4O2. The SMILES string of the molecule is CC(F)(F)c1cc(C(F)(F)F)n2nc(C(=O)N3CCN(C4CCCCC4)C(=O)C3)c(Cl)c2c1. The maximum Gasteiger partial charge on any atom is 0.433 e. The molecule has 180 valence electrons. The predicted molar refractivity (Wildman–Crippen MR) is 109 cm³/mol. The van der Waals surface area contributed by atoms with Gasteiger partial charge in [-0.2, -0.15) is 18.3 Å². The standard InChI is InChI=1S/C21H22ClF5N4O2/c1-20(23,24)12-9-14-17(22)18(28-31(14)15(10-12)21(25,26)27)19(33)29-7-8-30(16(32)11-29)13-5-3-2-4-6-13/h9-10,13H,2-8,11H2,1H3. The first kappa shape index (κ1) is 23.7. The second-order valence-electron chi connectivity index (χ2n) is 8.58. The fourth-order valence-corrected chi connectivity index (χ4v) is 4.75. The molecule has 2 amide bonds. The summed E-state index contributed by atoms with van der Waals surface area (Å²) in [4.78, 5) is 28.6. The van der Waals surface area contributed by atoms with E-state index in [1.165, 1.54) is 4.90 Å². The highest BCUT2D eigenvalue weighted by molar-refractivity contribution is 6.36. The fraction of sp³-hybridized carbons (Fsp3) is 0.571. The summed E-state index contributed by atoms with van der Waals surface area (Å²) in [5.41, 5.74) is -3.36. The molecule has 4 rings (SSSR count). The van der Waals surface area contributed by atoms with E-state index in [0.29, 0.717) is 18.0 Å². The summed E-state index contributed by atoms with van der Waals surface area (Å²) >= 11 is 6.16. The highest BCUT2D eigenvalue weighted by Gasteiger charge is 2.39. The molecule has 1 saturated carbocycles. The Morgan fingerprint density at radius 1 is 1.09 bits per heavy atom. The first-order chi connectivity index (χ1) is 15.4. The first-order valence-electron chi connectivity index (χ1n) is 10.6. The largest absolute Gasteiger partial charge is 0.433 e. The molecule has 0 bridgehead atoms. The number of nitrogens with zero attached hydrogens (tertiary/aromatic N) is 4. The quantitative estimate of drug-likeness (QED) is 0.582. The van der Waals surface area contributed by atoms with Crippen LogP contribution in [0.1, 0.15) is 60.8 Å². The summed E-state index contributed by atoms with van der Waals surface area (Å²) in [6, 6.07) is 1.20. The van der Waals surface area contributed by atoms with E-state index < -0.39 is 45.5 Å². The summed E-state index contributed by atoms with van der Waals surface area (Å²) < 4.78 is 68.7. The molecule has 1 aliphatic carbocycles. The van der Waals surface area contributed by atoms with Gasteiger partial charge < -0.3 is 9.80 Å². The molecule has 2 fully saturated rings. The minimum atomic E-state index is -5.02. The normalized spacial score (nSPS) is 18.9. The zero-order valence-electron chi connectivity index (χ0n) is 17.8. The Balaban J connectivity index is 1.65. The molecule has 12 heteroatoms. The zero-order chi connectivity index (χ0) is 24.1. The molecule has 3 heterocycles. The van der Waals surface area contributed by atoms with Gasteiger partial charge in [0.15, 0.2) is 5.69 Å². The monoisotopic (exact) mass is 492 g/mol. The molecule has 2 aromatic heterocycles. The second kappa shape index (κ2) is 8.41. The average molecular weight is 493 g/mol. The summed E-state index contributed by atoms with van der Waals surface area (Å²) in [5.74, 6) is -4.63. The lowest BCUT2D eigenvalue weighted by Gasteiger charge is -2.40. The van der Waals surface area contributed by atoms with Gasteiger partial charge >= 0.3 is 6.18 Å². The van der Waals surface area contributed by atoms with Gasteiger partial charge in [-0.3, -0.25) is 9.59 Å². The van der Waals surface area contributed by atoms with Gasteiger partial charge in [0.1, 0.15) is 12.2 Å². The van der Waals surface area contributed by atoms with Crippen LogP contribution in [0.5, 0.6) is 0 Å². The maximum absolute atomic E-state index is 13.8. The molecule has 1 aliphatic heterocycles. The van der Waals surface area contributed by atoms with Crippen molar-refractivity contribution in [2.75, 3.05) is 19.6 Å². The number of piperazine rings is 1. The van der Waals surface area contributed by atoms with Crippen molar-refractivity contribution in [2.45, 2.75) is 57.2 Å². The van der Waals surface area contributed by atoms with Gasteiger partial charge in [-0.15, -0.1) is 0 Å². The Kier molecular flexibility index (Phi) is 6.05. The van der Waals surface area contributed by atoms with Gasteiger partial charge in [-0.05, 0) is 25.0 Å². The number of rotatable bonds is 3.